The number of aryl methyl sites for hydroxylation is 1. The Morgan fingerprint density at radius 3 is 2.29 bits per heavy atom. The summed E-state index contributed by atoms with van der Waals surface area (Å²) >= 11 is 0. The lowest BCUT2D eigenvalue weighted by Crippen LogP contribution is -1.99. The normalized spacial score (nSPS) is 10.1. The molecule has 0 spiro atoms. The molecule has 2 aromatic rings. The topological polar surface area (TPSA) is 51.6 Å². The van der Waals surface area contributed by atoms with Gasteiger partial charge in [0.05, 0.1) is 5.56 Å². The van der Waals surface area contributed by atoms with Crippen molar-refractivity contribution in [2.45, 2.75) is 6.92 Å². The SMILES string of the molecule is Cc1nnc(-c2ccccc2F)nn1. The zero-order valence-electron chi connectivity index (χ0n) is 7.48. The number of halogens is 1. The van der Waals surface area contributed by atoms with Crippen molar-refractivity contribution in [2.24, 2.45) is 0 Å². The number of nitrogens with zero attached hydrogens (tertiary/aromatic N) is 4. The predicted octanol–water partition coefficient (Wildman–Crippen LogP) is 1.38. The van der Waals surface area contributed by atoms with E-state index in [0.717, 1.165) is 0 Å². The van der Waals surface area contributed by atoms with Crippen LogP contribution in [0.5, 0.6) is 0 Å². The molecule has 1 aromatic heterocycles. The predicted molar refractivity (Wildman–Crippen MR) is 47.8 cm³/mol. The molecule has 5 heteroatoms. The molecule has 0 bridgehead atoms. The molecule has 1 aromatic carbocycles. The van der Waals surface area contributed by atoms with E-state index in [4.69, 9.17) is 0 Å². The maximum absolute atomic E-state index is 13.2. The van der Waals surface area contributed by atoms with Gasteiger partial charge in [0.25, 0.3) is 0 Å². The van der Waals surface area contributed by atoms with Gasteiger partial charge in [0, 0.05) is 0 Å². The number of rotatable bonds is 1. The number of hydrogen-bond donors (Lipinski definition) is 0. The van der Waals surface area contributed by atoms with E-state index in [2.05, 4.69) is 20.4 Å². The first-order valence-corrected chi connectivity index (χ1v) is 4.06. The minimum absolute atomic E-state index is 0.203. The van der Waals surface area contributed by atoms with E-state index in [9.17, 15) is 4.39 Å². The first kappa shape index (κ1) is 8.68. The third kappa shape index (κ3) is 1.56. The molecule has 0 amide bonds. The van der Waals surface area contributed by atoms with E-state index >= 15 is 0 Å². The van der Waals surface area contributed by atoms with Gasteiger partial charge in [0.2, 0.25) is 5.82 Å². The Kier molecular flexibility index (Phi) is 2.14. The molecule has 0 atom stereocenters. The van der Waals surface area contributed by atoms with Gasteiger partial charge in [0.1, 0.15) is 5.82 Å². The van der Waals surface area contributed by atoms with Crippen LogP contribution in [0.2, 0.25) is 0 Å². The van der Waals surface area contributed by atoms with E-state index in [1.54, 1.807) is 25.1 Å². The van der Waals surface area contributed by atoms with Gasteiger partial charge >= 0.3 is 0 Å². The molecule has 70 valence electrons. The quantitative estimate of drug-likeness (QED) is 0.681. The molecular weight excluding hydrogens is 183 g/mol. The summed E-state index contributed by atoms with van der Waals surface area (Å²) in [5, 5.41) is 14.9. The molecule has 1 heterocycles. The fourth-order valence-electron chi connectivity index (χ4n) is 1.03. The molecule has 2 rings (SSSR count). The summed E-state index contributed by atoms with van der Waals surface area (Å²) in [6, 6.07) is 6.25. The second kappa shape index (κ2) is 3.45. The van der Waals surface area contributed by atoms with Crippen molar-refractivity contribution < 1.29 is 4.39 Å². The highest BCUT2D eigenvalue weighted by Crippen LogP contribution is 2.16. The van der Waals surface area contributed by atoms with Crippen molar-refractivity contribution in [1.82, 2.24) is 20.4 Å². The zero-order chi connectivity index (χ0) is 9.97. The van der Waals surface area contributed by atoms with Crippen LogP contribution in [0.15, 0.2) is 24.3 Å². The molecule has 4 nitrogen and oxygen atoms in total. The van der Waals surface area contributed by atoms with Gasteiger partial charge in [-0.15, -0.1) is 20.4 Å². The number of hydrogen-bond acceptors (Lipinski definition) is 4. The molecule has 0 saturated carbocycles. The fourth-order valence-corrected chi connectivity index (χ4v) is 1.03. The molecule has 0 fully saturated rings. The lowest BCUT2D eigenvalue weighted by Gasteiger charge is -1.98. The van der Waals surface area contributed by atoms with E-state index in [-0.39, 0.29) is 11.6 Å². The van der Waals surface area contributed by atoms with E-state index in [1.165, 1.54) is 6.07 Å². The highest BCUT2D eigenvalue weighted by molar-refractivity contribution is 5.54. The van der Waals surface area contributed by atoms with Crippen molar-refractivity contribution in [3.05, 3.63) is 35.9 Å². The zero-order valence-corrected chi connectivity index (χ0v) is 7.48. The first-order valence-electron chi connectivity index (χ1n) is 4.06. The van der Waals surface area contributed by atoms with Crippen LogP contribution in [0.3, 0.4) is 0 Å². The molecule has 0 aliphatic carbocycles. The molecule has 0 aliphatic heterocycles. The van der Waals surface area contributed by atoms with Crippen LogP contribution in [-0.4, -0.2) is 20.4 Å². The average Bonchev–Trinajstić information content (AvgIpc) is 2.20. The van der Waals surface area contributed by atoms with Gasteiger partial charge in [-0.25, -0.2) is 4.39 Å². The monoisotopic (exact) mass is 190 g/mol. The van der Waals surface area contributed by atoms with E-state index in [0.29, 0.717) is 11.4 Å². The maximum atomic E-state index is 13.2. The minimum atomic E-state index is -0.375. The van der Waals surface area contributed by atoms with Gasteiger partial charge in [-0.3, -0.25) is 0 Å². The fraction of sp³-hybridized carbons (Fsp3) is 0.111. The van der Waals surface area contributed by atoms with Crippen molar-refractivity contribution in [3.8, 4) is 11.4 Å². The van der Waals surface area contributed by atoms with E-state index < -0.39 is 0 Å². The Labute approximate surface area is 79.8 Å². The number of benzene rings is 1. The van der Waals surface area contributed by atoms with Gasteiger partial charge in [-0.1, -0.05) is 12.1 Å². The Hall–Kier alpha value is -1.91. The van der Waals surface area contributed by atoms with Crippen LogP contribution in [0, 0.1) is 12.7 Å². The Bertz CT molecular complexity index is 441. The van der Waals surface area contributed by atoms with Gasteiger partial charge in [-0.05, 0) is 19.1 Å². The molecule has 14 heavy (non-hydrogen) atoms. The molecule has 0 radical (unpaired) electrons. The standard InChI is InChI=1S/C9H7FN4/c1-6-11-13-9(14-12-6)7-4-2-3-5-8(7)10/h2-5H,1H3. The van der Waals surface area contributed by atoms with Crippen LogP contribution in [-0.2, 0) is 0 Å². The third-order valence-electron chi connectivity index (χ3n) is 1.69. The molecule has 0 unspecified atom stereocenters. The highest BCUT2D eigenvalue weighted by atomic mass is 19.1. The third-order valence-corrected chi connectivity index (χ3v) is 1.69. The maximum Gasteiger partial charge on any atom is 0.206 e. The van der Waals surface area contributed by atoms with Crippen molar-refractivity contribution >= 4 is 0 Å². The molecule has 0 aliphatic rings. The van der Waals surface area contributed by atoms with Crippen molar-refractivity contribution in [3.63, 3.8) is 0 Å². The van der Waals surface area contributed by atoms with Crippen LogP contribution in [0.25, 0.3) is 11.4 Å². The van der Waals surface area contributed by atoms with Crippen molar-refractivity contribution in [2.75, 3.05) is 0 Å². The number of aromatic nitrogens is 4. The molecular formula is C9H7FN4. The van der Waals surface area contributed by atoms with Crippen molar-refractivity contribution in [1.29, 1.82) is 0 Å². The van der Waals surface area contributed by atoms with Gasteiger partial charge in [-0.2, -0.15) is 0 Å². The Morgan fingerprint density at radius 2 is 1.64 bits per heavy atom. The Morgan fingerprint density at radius 1 is 1.00 bits per heavy atom. The summed E-state index contributed by atoms with van der Waals surface area (Å²) in [6.07, 6.45) is 0. The summed E-state index contributed by atoms with van der Waals surface area (Å²) < 4.78 is 13.2. The second-order valence-electron chi connectivity index (χ2n) is 2.75. The summed E-state index contributed by atoms with van der Waals surface area (Å²) in [7, 11) is 0. The molecule has 0 saturated heterocycles. The van der Waals surface area contributed by atoms with Crippen LogP contribution < -0.4 is 0 Å². The molecule has 0 N–H and O–H groups in total. The van der Waals surface area contributed by atoms with Crippen LogP contribution >= 0.6 is 0 Å². The van der Waals surface area contributed by atoms with Crippen LogP contribution in [0.1, 0.15) is 5.82 Å². The minimum Gasteiger partial charge on any atom is -0.206 e. The summed E-state index contributed by atoms with van der Waals surface area (Å²) in [4.78, 5) is 0. The summed E-state index contributed by atoms with van der Waals surface area (Å²) in [5.74, 6) is 0.291. The largest absolute Gasteiger partial charge is 0.206 e. The average molecular weight is 190 g/mol. The van der Waals surface area contributed by atoms with E-state index in [1.807, 2.05) is 0 Å². The smallest absolute Gasteiger partial charge is 0.206 e. The lowest BCUT2D eigenvalue weighted by atomic mass is 10.2. The Balaban J connectivity index is 2.50. The highest BCUT2D eigenvalue weighted by Gasteiger charge is 2.07. The van der Waals surface area contributed by atoms with Gasteiger partial charge < -0.3 is 0 Å². The van der Waals surface area contributed by atoms with Crippen LogP contribution in [0.4, 0.5) is 4.39 Å². The second-order valence-corrected chi connectivity index (χ2v) is 2.75. The van der Waals surface area contributed by atoms with Gasteiger partial charge in [0.15, 0.2) is 5.82 Å². The summed E-state index contributed by atoms with van der Waals surface area (Å²) in [6.45, 7) is 1.67. The lowest BCUT2D eigenvalue weighted by molar-refractivity contribution is 0.628. The first-order chi connectivity index (χ1) is 6.77. The summed E-state index contributed by atoms with van der Waals surface area (Å²) in [5.41, 5.74) is 0.313.